The number of ether oxygens (including phenoxy) is 2. The normalized spacial score (nSPS) is 23.2. The predicted molar refractivity (Wildman–Crippen MR) is 69.6 cm³/mol. The summed E-state index contributed by atoms with van der Waals surface area (Å²) in [6.07, 6.45) is 4.75. The van der Waals surface area contributed by atoms with Gasteiger partial charge in [-0.3, -0.25) is 0 Å². The molecule has 1 aromatic heterocycles. The van der Waals surface area contributed by atoms with Gasteiger partial charge < -0.3 is 19.4 Å². The molecular formula is C13H23N3O2. The summed E-state index contributed by atoms with van der Waals surface area (Å²) in [7, 11) is 2.00. The minimum atomic E-state index is -0.0913. The van der Waals surface area contributed by atoms with Crippen LogP contribution in [0.3, 0.4) is 0 Å². The van der Waals surface area contributed by atoms with Crippen LogP contribution in [0.2, 0.25) is 0 Å². The monoisotopic (exact) mass is 253 g/mol. The van der Waals surface area contributed by atoms with Crippen molar-refractivity contribution in [2.24, 2.45) is 7.05 Å². The highest BCUT2D eigenvalue weighted by Gasteiger charge is 2.28. The van der Waals surface area contributed by atoms with E-state index in [4.69, 9.17) is 9.47 Å². The lowest BCUT2D eigenvalue weighted by molar-refractivity contribution is -0.120. The summed E-state index contributed by atoms with van der Waals surface area (Å²) in [6.45, 7) is 7.29. The first kappa shape index (κ1) is 13.5. The van der Waals surface area contributed by atoms with E-state index in [9.17, 15) is 0 Å². The van der Waals surface area contributed by atoms with E-state index in [2.05, 4.69) is 24.1 Å². The van der Waals surface area contributed by atoms with Crippen LogP contribution in [0.5, 0.6) is 0 Å². The smallest absolute Gasteiger partial charge is 0.110 e. The van der Waals surface area contributed by atoms with Crippen LogP contribution in [-0.2, 0) is 22.9 Å². The predicted octanol–water partition coefficient (Wildman–Crippen LogP) is 0.746. The zero-order valence-electron chi connectivity index (χ0n) is 11.5. The summed E-state index contributed by atoms with van der Waals surface area (Å²) in [5, 5.41) is 3.37. The van der Waals surface area contributed by atoms with Crippen LogP contribution < -0.4 is 5.32 Å². The molecule has 102 valence electrons. The Labute approximate surface area is 108 Å². The van der Waals surface area contributed by atoms with Crippen molar-refractivity contribution in [3.8, 4) is 0 Å². The van der Waals surface area contributed by atoms with E-state index in [1.54, 1.807) is 0 Å². The fraction of sp³-hybridized carbons (Fsp3) is 0.769. The fourth-order valence-corrected chi connectivity index (χ4v) is 2.18. The van der Waals surface area contributed by atoms with Crippen LogP contribution in [0, 0.1) is 0 Å². The third-order valence-electron chi connectivity index (χ3n) is 3.10. The lowest BCUT2D eigenvalue weighted by atomic mass is 10.1. The summed E-state index contributed by atoms with van der Waals surface area (Å²) in [5.41, 5.74) is -0.0913. The Morgan fingerprint density at radius 2 is 2.44 bits per heavy atom. The maximum Gasteiger partial charge on any atom is 0.110 e. The number of imidazole rings is 1. The Bertz CT molecular complexity index is 376. The summed E-state index contributed by atoms with van der Waals surface area (Å²) < 4.78 is 13.6. The molecule has 1 N–H and O–H groups in total. The van der Waals surface area contributed by atoms with Crippen molar-refractivity contribution < 1.29 is 9.47 Å². The number of nitrogens with zero attached hydrogens (tertiary/aromatic N) is 2. The molecule has 1 atom stereocenters. The largest absolute Gasteiger partial charge is 0.378 e. The van der Waals surface area contributed by atoms with E-state index >= 15 is 0 Å². The number of hydrogen-bond acceptors (Lipinski definition) is 4. The van der Waals surface area contributed by atoms with Gasteiger partial charge in [0.2, 0.25) is 0 Å². The quantitative estimate of drug-likeness (QED) is 0.787. The Hall–Kier alpha value is -0.910. The standard InChI is InChI=1S/C13H23N3O2/c1-13(2)10-14-8-11(18-13)9-17-7-4-12-15-5-6-16(12)3/h5-6,11,14H,4,7-10H2,1-3H3. The zero-order chi connectivity index (χ0) is 13.0. The van der Waals surface area contributed by atoms with Crippen LogP contribution in [0.4, 0.5) is 0 Å². The molecule has 0 bridgehead atoms. The Kier molecular flexibility index (Phi) is 4.37. The molecule has 0 aromatic carbocycles. The summed E-state index contributed by atoms with van der Waals surface area (Å²) in [4.78, 5) is 4.26. The van der Waals surface area contributed by atoms with Crippen LogP contribution in [-0.4, -0.2) is 47.6 Å². The first-order chi connectivity index (χ1) is 8.57. The van der Waals surface area contributed by atoms with E-state index in [1.165, 1.54) is 0 Å². The third kappa shape index (κ3) is 3.80. The van der Waals surface area contributed by atoms with Crippen LogP contribution in [0.15, 0.2) is 12.4 Å². The lowest BCUT2D eigenvalue weighted by Crippen LogP contribution is -2.51. The molecule has 0 radical (unpaired) electrons. The second kappa shape index (κ2) is 5.82. The van der Waals surface area contributed by atoms with Crippen LogP contribution in [0.25, 0.3) is 0 Å². The van der Waals surface area contributed by atoms with E-state index in [-0.39, 0.29) is 11.7 Å². The summed E-state index contributed by atoms with van der Waals surface area (Å²) in [5.74, 6) is 1.05. The van der Waals surface area contributed by atoms with Gasteiger partial charge in [-0.25, -0.2) is 4.98 Å². The molecule has 1 saturated heterocycles. The van der Waals surface area contributed by atoms with Crippen molar-refractivity contribution in [2.45, 2.75) is 32.0 Å². The van der Waals surface area contributed by atoms with Gasteiger partial charge in [-0.2, -0.15) is 0 Å². The van der Waals surface area contributed by atoms with Crippen LogP contribution >= 0.6 is 0 Å². The molecule has 2 heterocycles. The van der Waals surface area contributed by atoms with Crippen molar-refractivity contribution in [2.75, 3.05) is 26.3 Å². The number of aromatic nitrogens is 2. The summed E-state index contributed by atoms with van der Waals surface area (Å²) in [6, 6.07) is 0. The second-order valence-electron chi connectivity index (χ2n) is 5.41. The van der Waals surface area contributed by atoms with Gasteiger partial charge in [0.25, 0.3) is 0 Å². The van der Waals surface area contributed by atoms with Gasteiger partial charge in [-0.15, -0.1) is 0 Å². The molecule has 1 unspecified atom stereocenters. The first-order valence-electron chi connectivity index (χ1n) is 6.49. The average molecular weight is 253 g/mol. The molecule has 5 nitrogen and oxygen atoms in total. The van der Waals surface area contributed by atoms with Crippen LogP contribution in [0.1, 0.15) is 19.7 Å². The van der Waals surface area contributed by atoms with Crippen molar-refractivity contribution >= 4 is 0 Å². The number of aryl methyl sites for hydroxylation is 1. The van der Waals surface area contributed by atoms with Gasteiger partial charge in [0.1, 0.15) is 5.82 Å². The molecule has 0 amide bonds. The highest BCUT2D eigenvalue weighted by molar-refractivity contribution is 4.90. The number of rotatable bonds is 5. The van der Waals surface area contributed by atoms with E-state index < -0.39 is 0 Å². The molecule has 18 heavy (non-hydrogen) atoms. The molecule has 1 fully saturated rings. The highest BCUT2D eigenvalue weighted by atomic mass is 16.5. The highest BCUT2D eigenvalue weighted by Crippen LogP contribution is 2.15. The Morgan fingerprint density at radius 1 is 1.61 bits per heavy atom. The van der Waals surface area contributed by atoms with Gasteiger partial charge in [-0.1, -0.05) is 0 Å². The fourth-order valence-electron chi connectivity index (χ4n) is 2.18. The van der Waals surface area contributed by atoms with Gasteiger partial charge in [0.15, 0.2) is 0 Å². The van der Waals surface area contributed by atoms with Crippen molar-refractivity contribution in [3.63, 3.8) is 0 Å². The van der Waals surface area contributed by atoms with E-state index in [1.807, 2.05) is 24.0 Å². The minimum Gasteiger partial charge on any atom is -0.378 e. The number of nitrogens with one attached hydrogen (secondary N) is 1. The lowest BCUT2D eigenvalue weighted by Gasteiger charge is -2.36. The van der Waals surface area contributed by atoms with E-state index in [0.29, 0.717) is 13.2 Å². The molecule has 2 rings (SSSR count). The molecule has 0 saturated carbocycles. The van der Waals surface area contributed by atoms with Gasteiger partial charge >= 0.3 is 0 Å². The number of hydrogen-bond donors (Lipinski definition) is 1. The molecule has 1 aromatic rings. The molecular weight excluding hydrogens is 230 g/mol. The Morgan fingerprint density at radius 3 is 3.11 bits per heavy atom. The maximum atomic E-state index is 5.93. The van der Waals surface area contributed by atoms with Gasteiger partial charge in [0, 0.05) is 39.0 Å². The topological polar surface area (TPSA) is 48.3 Å². The maximum absolute atomic E-state index is 5.93. The molecule has 1 aliphatic rings. The van der Waals surface area contributed by atoms with Crippen molar-refractivity contribution in [1.82, 2.24) is 14.9 Å². The van der Waals surface area contributed by atoms with Gasteiger partial charge in [-0.05, 0) is 13.8 Å². The summed E-state index contributed by atoms with van der Waals surface area (Å²) >= 11 is 0. The minimum absolute atomic E-state index is 0.0913. The zero-order valence-corrected chi connectivity index (χ0v) is 11.5. The third-order valence-corrected chi connectivity index (χ3v) is 3.10. The van der Waals surface area contributed by atoms with E-state index in [0.717, 1.165) is 25.3 Å². The first-order valence-corrected chi connectivity index (χ1v) is 6.49. The average Bonchev–Trinajstić information content (AvgIpc) is 2.69. The SMILES string of the molecule is Cn1ccnc1CCOCC1CNCC(C)(C)O1. The Balaban J connectivity index is 1.65. The number of morpholine rings is 1. The van der Waals surface area contributed by atoms with Crippen molar-refractivity contribution in [1.29, 1.82) is 0 Å². The molecule has 0 aliphatic carbocycles. The van der Waals surface area contributed by atoms with Gasteiger partial charge in [0.05, 0.1) is 24.9 Å². The second-order valence-corrected chi connectivity index (χ2v) is 5.41. The molecule has 0 spiro atoms. The molecule has 1 aliphatic heterocycles. The molecule has 5 heteroatoms. The van der Waals surface area contributed by atoms with Crippen molar-refractivity contribution in [3.05, 3.63) is 18.2 Å².